The van der Waals surface area contributed by atoms with E-state index in [1.807, 2.05) is 11.3 Å². The second kappa shape index (κ2) is 8.81. The average Bonchev–Trinajstić information content (AvgIpc) is 3.13. The Morgan fingerprint density at radius 3 is 2.70 bits per heavy atom. The molecule has 1 aromatic heterocycles. The Balaban J connectivity index is 1.32. The van der Waals surface area contributed by atoms with Gasteiger partial charge in [-0.1, -0.05) is 6.07 Å². The van der Waals surface area contributed by atoms with Gasteiger partial charge in [0.1, 0.15) is 0 Å². The van der Waals surface area contributed by atoms with Gasteiger partial charge < -0.3 is 10.2 Å². The maximum atomic E-state index is 12.4. The largest absolute Gasteiger partial charge is 0.340 e. The first-order chi connectivity index (χ1) is 11.3. The number of piperazine rings is 1. The van der Waals surface area contributed by atoms with Gasteiger partial charge in [0.15, 0.2) is 0 Å². The predicted molar refractivity (Wildman–Crippen MR) is 95.9 cm³/mol. The molecule has 2 saturated heterocycles. The lowest BCUT2D eigenvalue weighted by atomic mass is 9.93. The molecule has 1 N–H and O–H groups in total. The molecule has 0 unspecified atom stereocenters. The number of thiophene rings is 1. The summed E-state index contributed by atoms with van der Waals surface area (Å²) in [5.74, 6) is 1.13. The van der Waals surface area contributed by atoms with Crippen molar-refractivity contribution < 1.29 is 4.79 Å². The minimum atomic E-state index is 0.376. The summed E-state index contributed by atoms with van der Waals surface area (Å²) in [6, 6.07) is 4.34. The molecule has 2 aliphatic heterocycles. The molecule has 0 saturated carbocycles. The van der Waals surface area contributed by atoms with Gasteiger partial charge in [0.2, 0.25) is 5.91 Å². The number of carbonyl (C=O) groups is 1. The lowest BCUT2D eigenvalue weighted by molar-refractivity contribution is -0.133. The zero-order valence-electron chi connectivity index (χ0n) is 14.0. The second-order valence-corrected chi connectivity index (χ2v) is 7.82. The third-order valence-corrected chi connectivity index (χ3v) is 6.14. The molecule has 0 aromatic carbocycles. The van der Waals surface area contributed by atoms with Gasteiger partial charge in [-0.25, -0.2) is 0 Å². The third kappa shape index (κ3) is 5.30. The van der Waals surface area contributed by atoms with Crippen molar-refractivity contribution in [2.45, 2.75) is 32.1 Å². The lowest BCUT2D eigenvalue weighted by Gasteiger charge is -2.35. The van der Waals surface area contributed by atoms with E-state index >= 15 is 0 Å². The van der Waals surface area contributed by atoms with Gasteiger partial charge in [0, 0.05) is 44.0 Å². The van der Waals surface area contributed by atoms with Crippen LogP contribution in [0.3, 0.4) is 0 Å². The second-order valence-electron chi connectivity index (χ2n) is 6.78. The molecule has 4 nitrogen and oxygen atoms in total. The minimum Gasteiger partial charge on any atom is -0.340 e. The predicted octanol–water partition coefficient (Wildman–Crippen LogP) is 2.21. The molecule has 3 heterocycles. The number of rotatable bonds is 6. The van der Waals surface area contributed by atoms with Crippen molar-refractivity contribution in [3.8, 4) is 0 Å². The van der Waals surface area contributed by atoms with Gasteiger partial charge in [-0.3, -0.25) is 9.69 Å². The summed E-state index contributed by atoms with van der Waals surface area (Å²) in [7, 11) is 0. The monoisotopic (exact) mass is 335 g/mol. The van der Waals surface area contributed by atoms with Gasteiger partial charge >= 0.3 is 0 Å². The average molecular weight is 336 g/mol. The van der Waals surface area contributed by atoms with Crippen LogP contribution in [0.15, 0.2) is 17.5 Å². The molecular formula is C18H29N3OS. The molecule has 3 rings (SSSR count). The molecular weight excluding hydrogens is 306 g/mol. The molecule has 0 radical (unpaired) electrons. The third-order valence-electron chi connectivity index (χ3n) is 5.20. The highest BCUT2D eigenvalue weighted by Crippen LogP contribution is 2.19. The summed E-state index contributed by atoms with van der Waals surface area (Å²) < 4.78 is 0. The van der Waals surface area contributed by atoms with Crippen LogP contribution < -0.4 is 5.32 Å². The van der Waals surface area contributed by atoms with Crippen LogP contribution in [0, 0.1) is 5.92 Å². The Morgan fingerprint density at radius 2 is 2.00 bits per heavy atom. The first-order valence-corrected chi connectivity index (χ1v) is 9.92. The van der Waals surface area contributed by atoms with Crippen LogP contribution in [0.1, 0.15) is 30.6 Å². The topological polar surface area (TPSA) is 35.6 Å². The summed E-state index contributed by atoms with van der Waals surface area (Å²) in [6.07, 6.45) is 5.45. The Morgan fingerprint density at radius 1 is 1.22 bits per heavy atom. The van der Waals surface area contributed by atoms with E-state index in [1.54, 1.807) is 0 Å². The van der Waals surface area contributed by atoms with Crippen molar-refractivity contribution in [2.75, 3.05) is 45.8 Å². The van der Waals surface area contributed by atoms with E-state index in [0.717, 1.165) is 71.0 Å². The zero-order valence-corrected chi connectivity index (χ0v) is 14.8. The van der Waals surface area contributed by atoms with E-state index in [1.165, 1.54) is 17.7 Å². The van der Waals surface area contributed by atoms with E-state index in [9.17, 15) is 4.79 Å². The maximum absolute atomic E-state index is 12.4. The van der Waals surface area contributed by atoms with Crippen molar-refractivity contribution in [2.24, 2.45) is 5.92 Å². The summed E-state index contributed by atoms with van der Waals surface area (Å²) in [6.45, 7) is 7.26. The standard InChI is InChI=1S/C18H29N3OS/c22-18(4-3-16-5-8-19-9-6-16)21-13-11-20(12-14-21)10-7-17-2-1-15-23-17/h1-2,15-16,19H,3-14H2. The number of nitrogens with zero attached hydrogens (tertiary/aromatic N) is 2. The SMILES string of the molecule is O=C(CCC1CCNCC1)N1CCN(CCc2cccs2)CC1. The first-order valence-electron chi connectivity index (χ1n) is 9.04. The van der Waals surface area contributed by atoms with Crippen molar-refractivity contribution in [1.29, 1.82) is 0 Å². The Hall–Kier alpha value is -0.910. The lowest BCUT2D eigenvalue weighted by Crippen LogP contribution is -2.49. The zero-order chi connectivity index (χ0) is 15.9. The van der Waals surface area contributed by atoms with Crippen LogP contribution in [0.4, 0.5) is 0 Å². The van der Waals surface area contributed by atoms with Gasteiger partial charge in [-0.05, 0) is 56.1 Å². The number of carbonyl (C=O) groups excluding carboxylic acids is 1. The summed E-state index contributed by atoms with van der Waals surface area (Å²) in [5, 5.41) is 5.54. The van der Waals surface area contributed by atoms with E-state index in [4.69, 9.17) is 0 Å². The van der Waals surface area contributed by atoms with Gasteiger partial charge in [-0.2, -0.15) is 0 Å². The van der Waals surface area contributed by atoms with Crippen molar-refractivity contribution in [1.82, 2.24) is 15.1 Å². The highest BCUT2D eigenvalue weighted by Gasteiger charge is 2.22. The Labute approximate surface area is 143 Å². The first kappa shape index (κ1) is 16.9. The highest BCUT2D eigenvalue weighted by atomic mass is 32.1. The van der Waals surface area contributed by atoms with Gasteiger partial charge in [0.05, 0.1) is 0 Å². The van der Waals surface area contributed by atoms with Crippen molar-refractivity contribution in [3.05, 3.63) is 22.4 Å². The summed E-state index contributed by atoms with van der Waals surface area (Å²) >= 11 is 1.84. The number of hydrogen-bond donors (Lipinski definition) is 1. The van der Waals surface area contributed by atoms with Gasteiger partial charge in [-0.15, -0.1) is 11.3 Å². The van der Waals surface area contributed by atoms with Crippen LogP contribution in [0.5, 0.6) is 0 Å². The molecule has 0 bridgehead atoms. The summed E-state index contributed by atoms with van der Waals surface area (Å²) in [4.78, 5) is 18.4. The maximum Gasteiger partial charge on any atom is 0.222 e. The molecule has 0 spiro atoms. The molecule has 5 heteroatoms. The number of nitrogens with one attached hydrogen (secondary N) is 1. The highest BCUT2D eigenvalue weighted by molar-refractivity contribution is 7.09. The van der Waals surface area contributed by atoms with Crippen molar-refractivity contribution in [3.63, 3.8) is 0 Å². The van der Waals surface area contributed by atoms with Gasteiger partial charge in [0.25, 0.3) is 0 Å². The number of piperidine rings is 1. The van der Waals surface area contributed by atoms with Crippen LogP contribution in [0.2, 0.25) is 0 Å². The van der Waals surface area contributed by atoms with E-state index < -0.39 is 0 Å². The van der Waals surface area contributed by atoms with E-state index in [0.29, 0.717) is 5.91 Å². The Kier molecular flexibility index (Phi) is 6.48. The molecule has 1 amide bonds. The van der Waals surface area contributed by atoms with Crippen LogP contribution >= 0.6 is 11.3 Å². The molecule has 128 valence electrons. The molecule has 0 aliphatic carbocycles. The Bertz CT molecular complexity index is 463. The smallest absolute Gasteiger partial charge is 0.222 e. The van der Waals surface area contributed by atoms with Crippen LogP contribution in [0.25, 0.3) is 0 Å². The summed E-state index contributed by atoms with van der Waals surface area (Å²) in [5.41, 5.74) is 0. The molecule has 23 heavy (non-hydrogen) atoms. The quantitative estimate of drug-likeness (QED) is 0.866. The van der Waals surface area contributed by atoms with E-state index in [-0.39, 0.29) is 0 Å². The van der Waals surface area contributed by atoms with Crippen LogP contribution in [-0.4, -0.2) is 61.5 Å². The van der Waals surface area contributed by atoms with Crippen molar-refractivity contribution >= 4 is 17.2 Å². The number of hydrogen-bond acceptors (Lipinski definition) is 4. The minimum absolute atomic E-state index is 0.376. The normalized spacial score (nSPS) is 20.8. The molecule has 2 aliphatic rings. The fourth-order valence-electron chi connectivity index (χ4n) is 3.60. The fourth-order valence-corrected chi connectivity index (χ4v) is 4.30. The molecule has 1 aromatic rings. The molecule has 2 fully saturated rings. The molecule has 0 atom stereocenters. The fraction of sp³-hybridized carbons (Fsp3) is 0.722. The van der Waals surface area contributed by atoms with E-state index in [2.05, 4.69) is 32.6 Å². The van der Waals surface area contributed by atoms with Crippen LogP contribution in [-0.2, 0) is 11.2 Å². The number of amides is 1.